The lowest BCUT2D eigenvalue weighted by atomic mass is 10.0. The normalized spacial score (nSPS) is 23.4. The van der Waals surface area contributed by atoms with Crippen LogP contribution in [0.2, 0.25) is 0 Å². The van der Waals surface area contributed by atoms with Crippen LogP contribution in [-0.4, -0.2) is 48.3 Å². The number of allylic oxidation sites excluding steroid dienone is 1. The molecular weight excluding hydrogens is 230 g/mol. The summed E-state index contributed by atoms with van der Waals surface area (Å²) in [5.41, 5.74) is 0. The summed E-state index contributed by atoms with van der Waals surface area (Å²) in [6.07, 6.45) is 6.47. The Morgan fingerprint density at radius 1 is 1.44 bits per heavy atom. The molecule has 0 aliphatic carbocycles. The maximum absolute atomic E-state index is 11.1. The first-order chi connectivity index (χ1) is 8.70. The van der Waals surface area contributed by atoms with Crippen LogP contribution in [0.15, 0.2) is 12.7 Å². The van der Waals surface area contributed by atoms with E-state index in [0.29, 0.717) is 13.2 Å². The number of carboxylic acids is 1. The Hall–Kier alpha value is -0.870. The number of hydrogen-bond acceptors (Lipinski definition) is 3. The predicted molar refractivity (Wildman–Crippen MR) is 71.6 cm³/mol. The zero-order valence-electron chi connectivity index (χ0n) is 11.3. The van der Waals surface area contributed by atoms with Gasteiger partial charge in [-0.15, -0.1) is 6.58 Å². The standard InChI is InChI=1S/C14H25NO3/c1-3-5-6-7-8-9-15(4-2)13-11-18-10-12(13)14(16)17/h3,12-13H,1,4-11H2,2H3,(H,16,17). The summed E-state index contributed by atoms with van der Waals surface area (Å²) in [4.78, 5) is 13.4. The topological polar surface area (TPSA) is 49.8 Å². The molecule has 1 N–H and O–H groups in total. The van der Waals surface area contributed by atoms with E-state index in [2.05, 4.69) is 18.4 Å². The first kappa shape index (κ1) is 15.2. The van der Waals surface area contributed by atoms with Gasteiger partial charge in [-0.1, -0.05) is 19.4 Å². The van der Waals surface area contributed by atoms with Gasteiger partial charge in [0.1, 0.15) is 0 Å². The molecule has 0 aromatic rings. The number of aliphatic carboxylic acids is 1. The minimum atomic E-state index is -0.734. The van der Waals surface area contributed by atoms with Crippen LogP contribution >= 0.6 is 0 Å². The monoisotopic (exact) mass is 255 g/mol. The van der Waals surface area contributed by atoms with Gasteiger partial charge in [-0.25, -0.2) is 0 Å². The largest absolute Gasteiger partial charge is 0.481 e. The Kier molecular flexibility index (Phi) is 6.98. The molecule has 1 aliphatic rings. The van der Waals surface area contributed by atoms with Crippen LogP contribution in [0.1, 0.15) is 32.6 Å². The van der Waals surface area contributed by atoms with Crippen LogP contribution in [0, 0.1) is 5.92 Å². The van der Waals surface area contributed by atoms with Gasteiger partial charge >= 0.3 is 5.97 Å². The highest BCUT2D eigenvalue weighted by Gasteiger charge is 2.37. The van der Waals surface area contributed by atoms with Gasteiger partial charge in [0.2, 0.25) is 0 Å². The van der Waals surface area contributed by atoms with Gasteiger partial charge in [0, 0.05) is 6.04 Å². The molecule has 104 valence electrons. The number of unbranched alkanes of at least 4 members (excludes halogenated alkanes) is 3. The molecule has 18 heavy (non-hydrogen) atoms. The fourth-order valence-corrected chi connectivity index (χ4v) is 2.48. The molecule has 4 nitrogen and oxygen atoms in total. The minimum Gasteiger partial charge on any atom is -0.481 e. The van der Waals surface area contributed by atoms with Crippen molar-refractivity contribution >= 4 is 5.97 Å². The summed E-state index contributed by atoms with van der Waals surface area (Å²) in [5, 5.41) is 9.15. The lowest BCUT2D eigenvalue weighted by molar-refractivity contribution is -0.143. The Morgan fingerprint density at radius 2 is 2.22 bits per heavy atom. The van der Waals surface area contributed by atoms with Crippen LogP contribution in [-0.2, 0) is 9.53 Å². The van der Waals surface area contributed by atoms with Crippen molar-refractivity contribution in [3.05, 3.63) is 12.7 Å². The van der Waals surface area contributed by atoms with E-state index in [1.165, 1.54) is 12.8 Å². The highest BCUT2D eigenvalue weighted by atomic mass is 16.5. The molecule has 0 amide bonds. The third-order valence-electron chi connectivity index (χ3n) is 3.60. The van der Waals surface area contributed by atoms with E-state index < -0.39 is 5.97 Å². The van der Waals surface area contributed by atoms with Crippen LogP contribution < -0.4 is 0 Å². The maximum atomic E-state index is 11.1. The SMILES string of the molecule is C=CCCCCCN(CC)C1COCC1C(=O)O. The number of nitrogens with zero attached hydrogens (tertiary/aromatic N) is 1. The van der Waals surface area contributed by atoms with Crippen LogP contribution in [0.25, 0.3) is 0 Å². The van der Waals surface area contributed by atoms with Crippen molar-refractivity contribution in [3.8, 4) is 0 Å². The molecule has 0 bridgehead atoms. The molecule has 1 fully saturated rings. The fraction of sp³-hybridized carbons (Fsp3) is 0.786. The first-order valence-corrected chi connectivity index (χ1v) is 6.86. The van der Waals surface area contributed by atoms with Gasteiger partial charge < -0.3 is 9.84 Å². The molecule has 4 heteroatoms. The zero-order chi connectivity index (χ0) is 13.4. The highest BCUT2D eigenvalue weighted by Crippen LogP contribution is 2.20. The van der Waals surface area contributed by atoms with Crippen molar-refractivity contribution in [2.45, 2.75) is 38.6 Å². The molecule has 2 atom stereocenters. The number of hydrogen-bond donors (Lipinski definition) is 1. The Bertz CT molecular complexity index is 268. The molecule has 0 aromatic heterocycles. The van der Waals surface area contributed by atoms with Gasteiger partial charge in [-0.3, -0.25) is 9.69 Å². The molecular formula is C14H25NO3. The lowest BCUT2D eigenvalue weighted by Gasteiger charge is -2.29. The summed E-state index contributed by atoms with van der Waals surface area (Å²) in [6.45, 7) is 8.55. The predicted octanol–water partition coefficient (Wildman–Crippen LogP) is 2.15. The zero-order valence-corrected chi connectivity index (χ0v) is 11.3. The Morgan fingerprint density at radius 3 is 2.83 bits per heavy atom. The van der Waals surface area contributed by atoms with Gasteiger partial charge in [0.15, 0.2) is 0 Å². The third kappa shape index (κ3) is 4.42. The number of carbonyl (C=O) groups is 1. The molecule has 1 rings (SSSR count). The molecule has 1 aliphatic heterocycles. The average molecular weight is 255 g/mol. The van der Waals surface area contributed by atoms with E-state index in [4.69, 9.17) is 9.84 Å². The first-order valence-electron chi connectivity index (χ1n) is 6.86. The third-order valence-corrected chi connectivity index (χ3v) is 3.60. The van der Waals surface area contributed by atoms with Gasteiger partial charge in [-0.2, -0.15) is 0 Å². The molecule has 0 saturated carbocycles. The lowest BCUT2D eigenvalue weighted by Crippen LogP contribution is -2.43. The van der Waals surface area contributed by atoms with Gasteiger partial charge in [-0.05, 0) is 32.4 Å². The van der Waals surface area contributed by atoms with E-state index in [-0.39, 0.29) is 12.0 Å². The van der Waals surface area contributed by atoms with Crippen LogP contribution in [0.5, 0.6) is 0 Å². The number of likely N-dealkylation sites (N-methyl/N-ethyl adjacent to an activating group) is 1. The summed E-state index contributed by atoms with van der Waals surface area (Å²) in [6, 6.07) is 0.0481. The van der Waals surface area contributed by atoms with Gasteiger partial charge in [0.25, 0.3) is 0 Å². The summed E-state index contributed by atoms with van der Waals surface area (Å²) < 4.78 is 5.32. The number of rotatable bonds is 9. The van der Waals surface area contributed by atoms with Crippen molar-refractivity contribution in [1.82, 2.24) is 4.90 Å². The van der Waals surface area contributed by atoms with Crippen molar-refractivity contribution < 1.29 is 14.6 Å². The van der Waals surface area contributed by atoms with Crippen molar-refractivity contribution in [1.29, 1.82) is 0 Å². The summed E-state index contributed by atoms with van der Waals surface area (Å²) in [5.74, 6) is -1.10. The maximum Gasteiger partial charge on any atom is 0.310 e. The second-order valence-corrected chi connectivity index (χ2v) is 4.82. The number of carboxylic acid groups (broad SMARTS) is 1. The van der Waals surface area contributed by atoms with E-state index in [1.54, 1.807) is 0 Å². The summed E-state index contributed by atoms with van der Waals surface area (Å²) in [7, 11) is 0. The molecule has 0 aromatic carbocycles. The van der Waals surface area contributed by atoms with E-state index in [0.717, 1.165) is 25.9 Å². The minimum absolute atomic E-state index is 0.0481. The molecule has 0 radical (unpaired) electrons. The summed E-state index contributed by atoms with van der Waals surface area (Å²) >= 11 is 0. The second-order valence-electron chi connectivity index (χ2n) is 4.82. The van der Waals surface area contributed by atoms with Crippen LogP contribution in [0.3, 0.4) is 0 Å². The molecule has 0 spiro atoms. The van der Waals surface area contributed by atoms with Gasteiger partial charge in [0.05, 0.1) is 19.1 Å². The Labute approximate surface area is 110 Å². The van der Waals surface area contributed by atoms with Crippen molar-refractivity contribution in [2.24, 2.45) is 5.92 Å². The Balaban J connectivity index is 2.35. The highest BCUT2D eigenvalue weighted by molar-refractivity contribution is 5.71. The van der Waals surface area contributed by atoms with Crippen molar-refractivity contribution in [3.63, 3.8) is 0 Å². The van der Waals surface area contributed by atoms with E-state index >= 15 is 0 Å². The fourth-order valence-electron chi connectivity index (χ4n) is 2.48. The molecule has 1 heterocycles. The average Bonchev–Trinajstić information content (AvgIpc) is 2.83. The molecule has 2 unspecified atom stereocenters. The van der Waals surface area contributed by atoms with Crippen LogP contribution in [0.4, 0.5) is 0 Å². The molecule has 1 saturated heterocycles. The quantitative estimate of drug-likeness (QED) is 0.506. The smallest absolute Gasteiger partial charge is 0.310 e. The van der Waals surface area contributed by atoms with E-state index in [9.17, 15) is 4.79 Å². The van der Waals surface area contributed by atoms with Crippen molar-refractivity contribution in [2.75, 3.05) is 26.3 Å². The van der Waals surface area contributed by atoms with E-state index in [1.807, 2.05) is 6.08 Å². The number of ether oxygens (including phenoxy) is 1. The second kappa shape index (κ2) is 8.27.